The SMILES string of the molecule is Cc1sc(NN=C/C=C/c2ccccc2)nc1-c1ccccc1. The first-order valence-electron chi connectivity index (χ1n) is 7.36. The Balaban J connectivity index is 1.63. The molecule has 2 aromatic carbocycles. The molecule has 1 heterocycles. The number of rotatable bonds is 5. The quantitative estimate of drug-likeness (QED) is 0.516. The summed E-state index contributed by atoms with van der Waals surface area (Å²) in [6.45, 7) is 2.07. The normalized spacial score (nSPS) is 11.3. The largest absolute Gasteiger partial charge is 0.253 e. The predicted octanol–water partition coefficient (Wildman–Crippen LogP) is 5.23. The van der Waals surface area contributed by atoms with Crippen molar-refractivity contribution in [2.75, 3.05) is 5.43 Å². The number of hydrogen-bond donors (Lipinski definition) is 1. The van der Waals surface area contributed by atoms with E-state index in [2.05, 4.69) is 34.6 Å². The number of hydrazone groups is 1. The second-order valence-corrected chi connectivity index (χ2v) is 6.15. The van der Waals surface area contributed by atoms with Gasteiger partial charge in [-0.15, -0.1) is 11.3 Å². The molecule has 0 saturated carbocycles. The van der Waals surface area contributed by atoms with Crippen molar-refractivity contribution in [2.45, 2.75) is 6.92 Å². The van der Waals surface area contributed by atoms with Gasteiger partial charge in [0.05, 0.1) is 5.69 Å². The van der Waals surface area contributed by atoms with Crippen LogP contribution in [0, 0.1) is 6.92 Å². The predicted molar refractivity (Wildman–Crippen MR) is 99.9 cm³/mol. The third-order valence-corrected chi connectivity index (χ3v) is 4.13. The van der Waals surface area contributed by atoms with Gasteiger partial charge in [-0.2, -0.15) is 5.10 Å². The van der Waals surface area contributed by atoms with Gasteiger partial charge in [0.1, 0.15) is 0 Å². The zero-order valence-electron chi connectivity index (χ0n) is 12.8. The van der Waals surface area contributed by atoms with Gasteiger partial charge in [0, 0.05) is 16.7 Å². The molecule has 3 nitrogen and oxygen atoms in total. The maximum Gasteiger partial charge on any atom is 0.204 e. The Morgan fingerprint density at radius 1 is 1.00 bits per heavy atom. The summed E-state index contributed by atoms with van der Waals surface area (Å²) in [7, 11) is 0. The highest BCUT2D eigenvalue weighted by molar-refractivity contribution is 7.15. The van der Waals surface area contributed by atoms with Crippen LogP contribution in [0.15, 0.2) is 71.8 Å². The number of aryl methyl sites for hydroxylation is 1. The molecule has 0 bridgehead atoms. The fourth-order valence-corrected chi connectivity index (χ4v) is 2.95. The van der Waals surface area contributed by atoms with Gasteiger partial charge in [0.25, 0.3) is 0 Å². The summed E-state index contributed by atoms with van der Waals surface area (Å²) < 4.78 is 0. The van der Waals surface area contributed by atoms with E-state index in [0.29, 0.717) is 0 Å². The minimum atomic E-state index is 0.797. The molecule has 0 spiro atoms. The molecule has 0 aliphatic carbocycles. The van der Waals surface area contributed by atoms with Gasteiger partial charge in [0.15, 0.2) is 0 Å². The summed E-state index contributed by atoms with van der Waals surface area (Å²) in [5.74, 6) is 0. The third-order valence-electron chi connectivity index (χ3n) is 3.25. The molecular weight excluding hydrogens is 302 g/mol. The average molecular weight is 319 g/mol. The highest BCUT2D eigenvalue weighted by atomic mass is 32.1. The van der Waals surface area contributed by atoms with E-state index in [0.717, 1.165) is 22.0 Å². The van der Waals surface area contributed by atoms with Crippen LogP contribution in [0.25, 0.3) is 17.3 Å². The van der Waals surface area contributed by atoms with E-state index in [-0.39, 0.29) is 0 Å². The number of nitrogens with one attached hydrogen (secondary N) is 1. The van der Waals surface area contributed by atoms with Crippen molar-refractivity contribution in [3.8, 4) is 11.3 Å². The summed E-state index contributed by atoms with van der Waals surface area (Å²) >= 11 is 1.60. The number of benzene rings is 2. The zero-order valence-corrected chi connectivity index (χ0v) is 13.6. The van der Waals surface area contributed by atoms with E-state index in [9.17, 15) is 0 Å². The summed E-state index contributed by atoms with van der Waals surface area (Å²) in [6.07, 6.45) is 5.64. The molecule has 0 fully saturated rings. The molecule has 0 atom stereocenters. The van der Waals surface area contributed by atoms with E-state index in [1.807, 2.05) is 60.7 Å². The molecular formula is C19H17N3S. The van der Waals surface area contributed by atoms with Crippen LogP contribution in [-0.4, -0.2) is 11.2 Å². The van der Waals surface area contributed by atoms with Crippen LogP contribution in [0.2, 0.25) is 0 Å². The average Bonchev–Trinajstić information content (AvgIpc) is 2.97. The number of thiazole rings is 1. The highest BCUT2D eigenvalue weighted by Gasteiger charge is 2.08. The number of hydrogen-bond acceptors (Lipinski definition) is 4. The van der Waals surface area contributed by atoms with E-state index < -0.39 is 0 Å². The standard InChI is InChI=1S/C19H17N3S/c1-15-18(17-12-6-3-7-13-17)21-19(23-15)22-20-14-8-11-16-9-4-2-5-10-16/h2-14H,1H3,(H,21,22)/b11-8+,20-14?. The Hall–Kier alpha value is -2.72. The van der Waals surface area contributed by atoms with Crippen LogP contribution in [0.3, 0.4) is 0 Å². The number of aromatic nitrogens is 1. The van der Waals surface area contributed by atoms with E-state index >= 15 is 0 Å². The van der Waals surface area contributed by atoms with Crippen LogP contribution in [0.5, 0.6) is 0 Å². The Kier molecular flexibility index (Phi) is 4.96. The number of allylic oxidation sites excluding steroid dienone is 1. The van der Waals surface area contributed by atoms with Crippen LogP contribution >= 0.6 is 11.3 Å². The van der Waals surface area contributed by atoms with E-state index in [1.54, 1.807) is 17.6 Å². The molecule has 3 aromatic rings. The second-order valence-electron chi connectivity index (χ2n) is 4.95. The van der Waals surface area contributed by atoms with Crippen molar-refractivity contribution in [1.29, 1.82) is 0 Å². The second kappa shape index (κ2) is 7.51. The first-order chi connectivity index (χ1) is 11.3. The van der Waals surface area contributed by atoms with Crippen molar-refractivity contribution in [2.24, 2.45) is 5.10 Å². The van der Waals surface area contributed by atoms with E-state index in [4.69, 9.17) is 0 Å². The molecule has 3 rings (SSSR count). The van der Waals surface area contributed by atoms with Gasteiger partial charge in [0.2, 0.25) is 5.13 Å². The Labute approximate surface area is 140 Å². The lowest BCUT2D eigenvalue weighted by Crippen LogP contribution is -1.87. The first kappa shape index (κ1) is 15.2. The molecule has 0 saturated heterocycles. The molecule has 0 radical (unpaired) electrons. The summed E-state index contributed by atoms with van der Waals surface area (Å²) in [5.41, 5.74) is 6.27. The van der Waals surface area contributed by atoms with Crippen LogP contribution in [0.4, 0.5) is 5.13 Å². The lowest BCUT2D eigenvalue weighted by atomic mass is 10.1. The minimum Gasteiger partial charge on any atom is -0.253 e. The molecule has 0 amide bonds. The van der Waals surface area contributed by atoms with Gasteiger partial charge in [-0.3, -0.25) is 5.43 Å². The molecule has 23 heavy (non-hydrogen) atoms. The Bertz CT molecular complexity index is 805. The molecule has 1 aromatic heterocycles. The Morgan fingerprint density at radius 3 is 2.43 bits per heavy atom. The molecule has 114 valence electrons. The zero-order chi connectivity index (χ0) is 15.9. The smallest absolute Gasteiger partial charge is 0.204 e. The maximum atomic E-state index is 4.61. The van der Waals surface area contributed by atoms with Crippen LogP contribution in [0.1, 0.15) is 10.4 Å². The minimum absolute atomic E-state index is 0.797. The van der Waals surface area contributed by atoms with Gasteiger partial charge >= 0.3 is 0 Å². The topological polar surface area (TPSA) is 37.3 Å². The van der Waals surface area contributed by atoms with Crippen LogP contribution in [-0.2, 0) is 0 Å². The Morgan fingerprint density at radius 2 is 1.70 bits per heavy atom. The number of anilines is 1. The molecule has 4 heteroatoms. The summed E-state index contributed by atoms with van der Waals surface area (Å²) in [4.78, 5) is 5.78. The van der Waals surface area contributed by atoms with Crippen molar-refractivity contribution in [1.82, 2.24) is 4.98 Å². The van der Waals surface area contributed by atoms with Crippen molar-refractivity contribution in [3.05, 3.63) is 77.2 Å². The van der Waals surface area contributed by atoms with Gasteiger partial charge < -0.3 is 0 Å². The van der Waals surface area contributed by atoms with Crippen molar-refractivity contribution in [3.63, 3.8) is 0 Å². The molecule has 0 aliphatic heterocycles. The first-order valence-corrected chi connectivity index (χ1v) is 8.18. The fraction of sp³-hybridized carbons (Fsp3) is 0.0526. The van der Waals surface area contributed by atoms with Gasteiger partial charge in [-0.05, 0) is 18.6 Å². The molecule has 0 unspecified atom stereocenters. The summed E-state index contributed by atoms with van der Waals surface area (Å²) in [5, 5.41) is 4.99. The van der Waals surface area contributed by atoms with Crippen molar-refractivity contribution < 1.29 is 0 Å². The highest BCUT2D eigenvalue weighted by Crippen LogP contribution is 2.29. The monoisotopic (exact) mass is 319 g/mol. The maximum absolute atomic E-state index is 4.61. The third kappa shape index (κ3) is 4.14. The lowest BCUT2D eigenvalue weighted by molar-refractivity contribution is 1.28. The van der Waals surface area contributed by atoms with Crippen molar-refractivity contribution >= 4 is 28.8 Å². The fourth-order valence-electron chi connectivity index (χ4n) is 2.16. The lowest BCUT2D eigenvalue weighted by Gasteiger charge is -1.96. The van der Waals surface area contributed by atoms with Gasteiger partial charge in [-0.25, -0.2) is 4.98 Å². The molecule has 1 N–H and O–H groups in total. The van der Waals surface area contributed by atoms with E-state index in [1.165, 1.54) is 4.88 Å². The van der Waals surface area contributed by atoms with Crippen LogP contribution < -0.4 is 5.43 Å². The van der Waals surface area contributed by atoms with Gasteiger partial charge in [-0.1, -0.05) is 66.7 Å². The number of nitrogens with zero attached hydrogens (tertiary/aromatic N) is 2. The summed E-state index contributed by atoms with van der Waals surface area (Å²) in [6, 6.07) is 20.3. The molecule has 0 aliphatic rings.